The average Bonchev–Trinajstić information content (AvgIpc) is 2.48. The molecule has 0 atom stereocenters. The predicted octanol–water partition coefficient (Wildman–Crippen LogP) is 6.24. The van der Waals surface area contributed by atoms with Crippen molar-refractivity contribution in [2.45, 2.75) is 61.2 Å². The van der Waals surface area contributed by atoms with Crippen LogP contribution in [0.4, 0.5) is 0 Å². The molecule has 0 radical (unpaired) electrons. The summed E-state index contributed by atoms with van der Waals surface area (Å²) in [5.41, 5.74) is 3.38. The number of allylic oxidation sites excluding steroid dienone is 9. The van der Waals surface area contributed by atoms with Gasteiger partial charge >= 0.3 is 5.97 Å². The van der Waals surface area contributed by atoms with Crippen LogP contribution in [0.15, 0.2) is 58.7 Å². The Morgan fingerprint density at radius 2 is 1.75 bits per heavy atom. The first kappa shape index (κ1) is 15.7. The van der Waals surface area contributed by atoms with Crippen LogP contribution < -0.4 is 0 Å². The Balaban J connectivity index is 3.26. The van der Waals surface area contributed by atoms with E-state index in [-0.39, 0.29) is 16.4 Å². The maximum Gasteiger partial charge on any atom is 0.328 e. The summed E-state index contributed by atoms with van der Waals surface area (Å²) in [6, 6.07) is 0. The van der Waals surface area contributed by atoms with Gasteiger partial charge in [0.15, 0.2) is 0 Å². The molecule has 2 heteroatoms. The number of hydrogen-bond acceptors (Lipinski definition) is 1. The number of carbonyl (C=O) groups is 1. The third kappa shape index (κ3) is 5.67. The molecule has 0 fully saturated rings. The van der Waals surface area contributed by atoms with E-state index in [0.717, 1.165) is 18.9 Å². The van der Waals surface area contributed by atoms with Gasteiger partial charge in [-0.2, -0.15) is 0 Å². The van der Waals surface area contributed by atoms with E-state index in [2.05, 4.69) is 34.6 Å². The topological polar surface area (TPSA) is 37.3 Å². The van der Waals surface area contributed by atoms with Crippen molar-refractivity contribution in [2.75, 3.05) is 0 Å². The maximum atomic E-state index is 10.7. The van der Waals surface area contributed by atoms with Gasteiger partial charge in [-0.05, 0) is 55.5 Å². The molecule has 2 nitrogen and oxygen atoms in total. The molecule has 0 aromatic carbocycles. The van der Waals surface area contributed by atoms with Gasteiger partial charge in [-0.25, -0.2) is 4.79 Å². The molecule has 0 saturated carbocycles. The highest BCUT2D eigenvalue weighted by atomic mass is 16.4. The number of rotatable bonds is 5. The van der Waals surface area contributed by atoms with Crippen molar-refractivity contribution in [1.29, 1.82) is 0 Å². The fourth-order valence-electron chi connectivity index (χ4n) is 2.95. The molecule has 0 amide bonds. The summed E-state index contributed by atoms with van der Waals surface area (Å²) < 4.78 is 23.4. The number of hydrogen-bond donors (Lipinski definition) is 1. The van der Waals surface area contributed by atoms with Crippen LogP contribution in [0.1, 0.15) is 65.3 Å². The highest BCUT2D eigenvalue weighted by Gasteiger charge is 2.35. The largest absolute Gasteiger partial charge is 0.478 e. The second-order valence-corrected chi connectivity index (χ2v) is 7.85. The molecule has 0 unspecified atom stereocenters. The SMILES string of the molecule is [2H]C([2H])([2H])C(/C=C/C1=C(C)C(C)(C)CCC1(C)C)=C\C=C\C(C)=C\C(=O)O. The zero-order valence-corrected chi connectivity index (χ0v) is 15.7. The zero-order chi connectivity index (χ0) is 21.0. The van der Waals surface area contributed by atoms with Crippen molar-refractivity contribution in [3.63, 3.8) is 0 Å². The van der Waals surface area contributed by atoms with Crippen molar-refractivity contribution in [3.8, 4) is 0 Å². The lowest BCUT2D eigenvalue weighted by Gasteiger charge is -2.42. The summed E-state index contributed by atoms with van der Waals surface area (Å²) in [6.07, 6.45) is 11.6. The Kier molecular flexibility index (Phi) is 5.12. The van der Waals surface area contributed by atoms with Gasteiger partial charge in [-0.15, -0.1) is 0 Å². The van der Waals surface area contributed by atoms with Crippen LogP contribution in [0.2, 0.25) is 0 Å². The van der Waals surface area contributed by atoms with E-state index >= 15 is 0 Å². The molecule has 0 aromatic rings. The number of aliphatic carboxylic acids is 1. The van der Waals surface area contributed by atoms with Crippen molar-refractivity contribution in [3.05, 3.63) is 58.7 Å². The van der Waals surface area contributed by atoms with Crippen molar-refractivity contribution in [2.24, 2.45) is 10.8 Å². The lowest BCUT2D eigenvalue weighted by molar-refractivity contribution is -0.131. The minimum absolute atomic E-state index is 0.00655. The van der Waals surface area contributed by atoms with Gasteiger partial charge in [0.25, 0.3) is 0 Å². The van der Waals surface area contributed by atoms with E-state index in [1.807, 2.05) is 6.08 Å². The van der Waals surface area contributed by atoms with Gasteiger partial charge in [0.2, 0.25) is 0 Å². The van der Waals surface area contributed by atoms with Crippen LogP contribution in [0.5, 0.6) is 0 Å². The third-order valence-electron chi connectivity index (χ3n) is 4.94. The molecule has 0 spiro atoms. The molecular weight excluding hydrogens is 296 g/mol. The van der Waals surface area contributed by atoms with Crippen molar-refractivity contribution >= 4 is 5.97 Å². The van der Waals surface area contributed by atoms with E-state index < -0.39 is 12.8 Å². The Bertz CT molecular complexity index is 727. The second-order valence-electron chi connectivity index (χ2n) is 7.85. The molecule has 132 valence electrons. The van der Waals surface area contributed by atoms with E-state index in [9.17, 15) is 4.79 Å². The van der Waals surface area contributed by atoms with Crippen LogP contribution in [0, 0.1) is 10.8 Å². The van der Waals surface area contributed by atoms with Gasteiger partial charge in [-0.3, -0.25) is 0 Å². The molecule has 0 aliphatic heterocycles. The molecule has 1 aliphatic carbocycles. The van der Waals surface area contributed by atoms with E-state index in [1.54, 1.807) is 25.2 Å². The smallest absolute Gasteiger partial charge is 0.328 e. The first-order chi connectivity index (χ1) is 12.2. The van der Waals surface area contributed by atoms with E-state index in [0.29, 0.717) is 5.57 Å². The molecule has 1 aliphatic rings. The molecule has 1 N–H and O–H groups in total. The minimum atomic E-state index is -2.24. The predicted molar refractivity (Wildman–Crippen MR) is 103 cm³/mol. The lowest BCUT2D eigenvalue weighted by Crippen LogP contribution is -2.29. The monoisotopic (exact) mass is 331 g/mol. The Labute approximate surface area is 151 Å². The molecule has 0 heterocycles. The van der Waals surface area contributed by atoms with Gasteiger partial charge in [-0.1, -0.05) is 69.2 Å². The van der Waals surface area contributed by atoms with Gasteiger partial charge in [0, 0.05) is 10.2 Å². The van der Waals surface area contributed by atoms with Crippen LogP contribution >= 0.6 is 0 Å². The quantitative estimate of drug-likeness (QED) is 0.478. The first-order valence-electron chi connectivity index (χ1n) is 9.87. The molecule has 0 bridgehead atoms. The fourth-order valence-corrected chi connectivity index (χ4v) is 2.95. The summed E-state index contributed by atoms with van der Waals surface area (Å²) in [5.74, 6) is -1.03. The normalized spacial score (nSPS) is 24.2. The van der Waals surface area contributed by atoms with Gasteiger partial charge in [0.1, 0.15) is 0 Å². The van der Waals surface area contributed by atoms with Crippen LogP contribution in [0.3, 0.4) is 0 Å². The standard InChI is InChI=1S/C22H32O2/c1-16(9-8-10-17(2)15-20(23)24)11-12-19-18(3)21(4,5)13-14-22(19,6)7/h8-12,15H,13-14H2,1-7H3,(H,23,24)/b10-8+,12-11+,16-9+,17-15+/i1D3. The van der Waals surface area contributed by atoms with Gasteiger partial charge < -0.3 is 5.11 Å². The number of carboxylic acids is 1. The van der Waals surface area contributed by atoms with E-state index in [4.69, 9.17) is 9.22 Å². The van der Waals surface area contributed by atoms with Crippen LogP contribution in [-0.4, -0.2) is 11.1 Å². The van der Waals surface area contributed by atoms with Crippen LogP contribution in [-0.2, 0) is 4.79 Å². The Hall–Kier alpha value is -1.83. The fraction of sp³-hybridized carbons (Fsp3) is 0.500. The van der Waals surface area contributed by atoms with Gasteiger partial charge in [0.05, 0.1) is 0 Å². The highest BCUT2D eigenvalue weighted by Crippen LogP contribution is 2.48. The summed E-state index contributed by atoms with van der Waals surface area (Å²) in [4.78, 5) is 10.7. The van der Waals surface area contributed by atoms with Crippen molar-refractivity contribution in [1.82, 2.24) is 0 Å². The van der Waals surface area contributed by atoms with E-state index in [1.165, 1.54) is 17.2 Å². The minimum Gasteiger partial charge on any atom is -0.478 e. The average molecular weight is 332 g/mol. The van der Waals surface area contributed by atoms with Crippen molar-refractivity contribution < 1.29 is 14.0 Å². The molecule has 0 saturated heterocycles. The third-order valence-corrected chi connectivity index (χ3v) is 4.94. The highest BCUT2D eigenvalue weighted by molar-refractivity contribution is 5.81. The summed E-state index contributed by atoms with van der Waals surface area (Å²) >= 11 is 0. The zero-order valence-electron chi connectivity index (χ0n) is 18.7. The molecule has 1 rings (SSSR count). The maximum absolute atomic E-state index is 10.7. The molecule has 0 aromatic heterocycles. The Morgan fingerprint density at radius 3 is 2.33 bits per heavy atom. The first-order valence-corrected chi connectivity index (χ1v) is 8.37. The molecular formula is C22H32O2. The number of carboxylic acid groups (broad SMARTS) is 1. The summed E-state index contributed by atoms with van der Waals surface area (Å²) in [5, 5.41) is 8.73. The second kappa shape index (κ2) is 7.83. The van der Waals surface area contributed by atoms with Crippen LogP contribution in [0.25, 0.3) is 0 Å². The molecule has 24 heavy (non-hydrogen) atoms. The lowest BCUT2D eigenvalue weighted by atomic mass is 9.63. The summed E-state index contributed by atoms with van der Waals surface area (Å²) in [6.45, 7) is 10.4. The Morgan fingerprint density at radius 1 is 1.12 bits per heavy atom. The summed E-state index contributed by atoms with van der Waals surface area (Å²) in [7, 11) is 0.